The van der Waals surface area contributed by atoms with Crippen LogP contribution in [-0.4, -0.2) is 5.78 Å². The number of thiophene rings is 1. The van der Waals surface area contributed by atoms with Crippen molar-refractivity contribution < 1.29 is 13.6 Å². The lowest BCUT2D eigenvalue weighted by atomic mass is 10.0. The van der Waals surface area contributed by atoms with E-state index in [0.29, 0.717) is 11.6 Å². The van der Waals surface area contributed by atoms with E-state index in [9.17, 15) is 13.6 Å². The fraction of sp³-hybridized carbons (Fsp3) is 0.0833. The maximum absolute atomic E-state index is 13.6. The minimum Gasteiger partial charge on any atom is -0.396 e. The number of hydrogen-bond acceptors (Lipinski definition) is 3. The summed E-state index contributed by atoms with van der Waals surface area (Å²) in [6.45, 7) is 1.76. The van der Waals surface area contributed by atoms with Crippen molar-refractivity contribution in [3.8, 4) is 0 Å². The fourth-order valence-electron chi connectivity index (χ4n) is 1.56. The molecule has 0 atom stereocenters. The summed E-state index contributed by atoms with van der Waals surface area (Å²) in [5.74, 6) is -2.28. The van der Waals surface area contributed by atoms with E-state index in [1.807, 2.05) is 0 Å². The minimum absolute atomic E-state index is 0.220. The summed E-state index contributed by atoms with van der Waals surface area (Å²) in [5, 5.41) is 0. The summed E-state index contributed by atoms with van der Waals surface area (Å²) in [4.78, 5) is 12.9. The van der Waals surface area contributed by atoms with Crippen molar-refractivity contribution >= 4 is 38.7 Å². The summed E-state index contributed by atoms with van der Waals surface area (Å²) in [6, 6.07) is 3.26. The van der Waals surface area contributed by atoms with E-state index in [-0.39, 0.29) is 11.3 Å². The molecule has 0 amide bonds. The van der Waals surface area contributed by atoms with Gasteiger partial charge in [0, 0.05) is 16.5 Å². The largest absolute Gasteiger partial charge is 0.396 e. The molecule has 2 nitrogen and oxygen atoms in total. The normalized spacial score (nSPS) is 10.7. The second-order valence-electron chi connectivity index (χ2n) is 3.70. The van der Waals surface area contributed by atoms with Gasteiger partial charge < -0.3 is 5.73 Å². The van der Waals surface area contributed by atoms with Crippen LogP contribution in [0.25, 0.3) is 0 Å². The third-order valence-corrected chi connectivity index (χ3v) is 4.02. The topological polar surface area (TPSA) is 43.1 Å². The maximum atomic E-state index is 13.6. The molecule has 0 bridgehead atoms. The molecular weight excluding hydrogens is 324 g/mol. The highest BCUT2D eigenvalue weighted by Crippen LogP contribution is 2.29. The Labute approximate surface area is 115 Å². The predicted molar refractivity (Wildman–Crippen MR) is 71.0 cm³/mol. The number of rotatable bonds is 2. The first-order chi connectivity index (χ1) is 8.40. The van der Waals surface area contributed by atoms with Crippen molar-refractivity contribution in [1.29, 1.82) is 0 Å². The van der Waals surface area contributed by atoms with Crippen LogP contribution in [0, 0.1) is 18.6 Å². The molecule has 1 aromatic carbocycles. The van der Waals surface area contributed by atoms with Gasteiger partial charge in [0.25, 0.3) is 0 Å². The van der Waals surface area contributed by atoms with Gasteiger partial charge in [0.15, 0.2) is 5.78 Å². The molecule has 0 saturated heterocycles. The predicted octanol–water partition coefficient (Wildman–Crippen LogP) is 3.91. The van der Waals surface area contributed by atoms with Crippen molar-refractivity contribution in [3.63, 3.8) is 0 Å². The Balaban J connectivity index is 2.53. The molecule has 0 unspecified atom stereocenters. The molecule has 94 valence electrons. The lowest BCUT2D eigenvalue weighted by Crippen LogP contribution is -2.06. The lowest BCUT2D eigenvalue weighted by molar-refractivity contribution is 0.103. The van der Waals surface area contributed by atoms with Crippen LogP contribution >= 0.6 is 27.3 Å². The van der Waals surface area contributed by atoms with E-state index in [4.69, 9.17) is 5.73 Å². The molecule has 1 aromatic heterocycles. The molecule has 0 aliphatic carbocycles. The van der Waals surface area contributed by atoms with E-state index >= 15 is 0 Å². The van der Waals surface area contributed by atoms with Crippen molar-refractivity contribution in [2.24, 2.45) is 0 Å². The van der Waals surface area contributed by atoms with Crippen molar-refractivity contribution in [1.82, 2.24) is 0 Å². The van der Waals surface area contributed by atoms with Crippen LogP contribution in [0.4, 0.5) is 14.5 Å². The van der Waals surface area contributed by atoms with E-state index in [1.54, 1.807) is 13.0 Å². The Hall–Kier alpha value is -1.27. The average Bonchev–Trinajstić information content (AvgIpc) is 2.62. The molecule has 0 aliphatic rings. The van der Waals surface area contributed by atoms with Gasteiger partial charge in [-0.3, -0.25) is 4.79 Å². The molecule has 0 aliphatic heterocycles. The zero-order valence-corrected chi connectivity index (χ0v) is 11.7. The van der Waals surface area contributed by atoms with E-state index in [0.717, 1.165) is 14.7 Å². The van der Waals surface area contributed by atoms with Crippen LogP contribution < -0.4 is 5.73 Å². The van der Waals surface area contributed by atoms with Crippen LogP contribution in [0.1, 0.15) is 20.8 Å². The van der Waals surface area contributed by atoms with Crippen molar-refractivity contribution in [2.75, 3.05) is 5.73 Å². The number of aryl methyl sites for hydroxylation is 1. The number of hydrogen-bond donors (Lipinski definition) is 1. The Bertz CT molecular complexity index is 639. The molecular formula is C12H8BrF2NOS. The first-order valence-electron chi connectivity index (χ1n) is 4.95. The van der Waals surface area contributed by atoms with Crippen molar-refractivity contribution in [3.05, 3.63) is 49.6 Å². The molecule has 2 N–H and O–H groups in total. The molecule has 18 heavy (non-hydrogen) atoms. The van der Waals surface area contributed by atoms with E-state index < -0.39 is 17.4 Å². The lowest BCUT2D eigenvalue weighted by Gasteiger charge is -2.04. The first kappa shape index (κ1) is 13.2. The van der Waals surface area contributed by atoms with Gasteiger partial charge in [-0.2, -0.15) is 0 Å². The number of ketones is 1. The summed E-state index contributed by atoms with van der Waals surface area (Å²) >= 11 is 4.63. The van der Waals surface area contributed by atoms with Crippen LogP contribution in [-0.2, 0) is 0 Å². The molecule has 1 heterocycles. The number of benzene rings is 1. The number of carbonyl (C=O) groups excluding carboxylic acids is 1. The zero-order valence-electron chi connectivity index (χ0n) is 9.26. The smallest absolute Gasteiger partial charge is 0.197 e. The van der Waals surface area contributed by atoms with Gasteiger partial charge in [-0.25, -0.2) is 8.78 Å². The molecule has 2 rings (SSSR count). The van der Waals surface area contributed by atoms with Crippen LogP contribution in [0.3, 0.4) is 0 Å². The van der Waals surface area contributed by atoms with E-state index in [2.05, 4.69) is 15.9 Å². The van der Waals surface area contributed by atoms with Gasteiger partial charge in [0.1, 0.15) is 11.6 Å². The Morgan fingerprint density at radius 1 is 1.22 bits per heavy atom. The number of anilines is 1. The highest BCUT2D eigenvalue weighted by molar-refractivity contribution is 9.11. The molecule has 6 heteroatoms. The van der Waals surface area contributed by atoms with Gasteiger partial charge in [-0.05, 0) is 35.0 Å². The van der Waals surface area contributed by atoms with Gasteiger partial charge in [-0.15, -0.1) is 11.3 Å². The zero-order chi connectivity index (χ0) is 13.4. The van der Waals surface area contributed by atoms with Gasteiger partial charge >= 0.3 is 0 Å². The van der Waals surface area contributed by atoms with Crippen molar-refractivity contribution in [2.45, 2.75) is 6.92 Å². The number of nitrogen functional groups attached to an aromatic ring is 1. The third-order valence-electron chi connectivity index (χ3n) is 2.46. The molecule has 0 fully saturated rings. The number of carbonyl (C=O) groups is 1. The minimum atomic E-state index is -0.909. The van der Waals surface area contributed by atoms with E-state index in [1.165, 1.54) is 11.3 Å². The third kappa shape index (κ3) is 2.30. The summed E-state index contributed by atoms with van der Waals surface area (Å²) in [5.41, 5.74) is 5.27. The summed E-state index contributed by atoms with van der Waals surface area (Å²) in [6.07, 6.45) is 0. The Morgan fingerprint density at radius 2 is 1.89 bits per heavy atom. The number of nitrogens with two attached hydrogens (primary N) is 1. The van der Waals surface area contributed by atoms with Gasteiger partial charge in [0.2, 0.25) is 0 Å². The monoisotopic (exact) mass is 331 g/mol. The Morgan fingerprint density at radius 3 is 2.44 bits per heavy atom. The molecule has 0 spiro atoms. The molecule has 0 radical (unpaired) electrons. The van der Waals surface area contributed by atoms with Gasteiger partial charge in [-0.1, -0.05) is 0 Å². The summed E-state index contributed by atoms with van der Waals surface area (Å²) < 4.78 is 27.4. The Kier molecular flexibility index (Phi) is 3.49. The first-order valence-corrected chi connectivity index (χ1v) is 6.56. The second kappa shape index (κ2) is 4.78. The quantitative estimate of drug-likeness (QED) is 0.669. The van der Waals surface area contributed by atoms with Crippen LogP contribution in [0.5, 0.6) is 0 Å². The summed E-state index contributed by atoms with van der Waals surface area (Å²) in [7, 11) is 0. The van der Waals surface area contributed by atoms with Gasteiger partial charge in [0.05, 0.1) is 15.0 Å². The highest BCUT2D eigenvalue weighted by Gasteiger charge is 2.19. The van der Waals surface area contributed by atoms with Crippen LogP contribution in [0.2, 0.25) is 0 Å². The highest BCUT2D eigenvalue weighted by atomic mass is 79.9. The second-order valence-corrected chi connectivity index (χ2v) is 6.34. The SMILES string of the molecule is Cc1sc(Br)cc1C(=O)c1cc(N)c(F)cc1F. The maximum Gasteiger partial charge on any atom is 0.197 e. The molecule has 2 aromatic rings. The fourth-order valence-corrected chi connectivity index (χ4v) is 3.24. The average molecular weight is 332 g/mol. The molecule has 0 saturated carbocycles. The number of halogens is 3. The standard InChI is InChI=1S/C12H8BrF2NOS/c1-5-6(3-11(13)18-5)12(17)7-2-10(16)9(15)4-8(7)14/h2-4H,16H2,1H3. The van der Waals surface area contributed by atoms with Crippen LogP contribution in [0.15, 0.2) is 22.0 Å².